The van der Waals surface area contributed by atoms with Crippen molar-refractivity contribution < 1.29 is 14.3 Å². The summed E-state index contributed by atoms with van der Waals surface area (Å²) in [6.07, 6.45) is 0.775. The molecule has 32 heavy (non-hydrogen) atoms. The lowest BCUT2D eigenvalue weighted by Crippen LogP contribution is -2.43. The van der Waals surface area contributed by atoms with Crippen molar-refractivity contribution in [2.24, 2.45) is 0 Å². The average molecular weight is 454 g/mol. The van der Waals surface area contributed by atoms with Crippen LogP contribution in [-0.4, -0.2) is 45.6 Å². The molecule has 2 aromatic carbocycles. The van der Waals surface area contributed by atoms with Gasteiger partial charge in [-0.1, -0.05) is 54.2 Å². The molecule has 0 aliphatic rings. The first kappa shape index (κ1) is 23.3. The van der Waals surface area contributed by atoms with E-state index in [4.69, 9.17) is 4.74 Å². The van der Waals surface area contributed by atoms with E-state index in [-0.39, 0.29) is 11.8 Å². The number of amides is 3. The number of aryl methyl sites for hydroxylation is 1. The number of urea groups is 1. The van der Waals surface area contributed by atoms with Crippen molar-refractivity contribution >= 4 is 23.7 Å². The molecule has 1 heterocycles. The summed E-state index contributed by atoms with van der Waals surface area (Å²) in [5.74, 6) is 1.00. The molecule has 1 aromatic heterocycles. The molecule has 0 aliphatic carbocycles. The number of nitrogens with zero attached hydrogens (tertiary/aromatic N) is 3. The summed E-state index contributed by atoms with van der Waals surface area (Å²) >= 11 is 1.24. The number of benzene rings is 2. The van der Waals surface area contributed by atoms with Crippen LogP contribution in [-0.2, 0) is 17.8 Å². The number of carbonyl (C=O) groups excluding carboxylic acids is 2. The molecule has 0 fully saturated rings. The third-order valence-electron chi connectivity index (χ3n) is 4.54. The zero-order valence-corrected chi connectivity index (χ0v) is 19.2. The lowest BCUT2D eigenvalue weighted by atomic mass is 10.1. The molecule has 8 nitrogen and oxygen atoms in total. The third-order valence-corrected chi connectivity index (χ3v) is 5.50. The van der Waals surface area contributed by atoms with Gasteiger partial charge in [0.15, 0.2) is 11.0 Å². The molecule has 0 radical (unpaired) electrons. The molecule has 9 heteroatoms. The van der Waals surface area contributed by atoms with Gasteiger partial charge in [0.25, 0.3) is 0 Å². The Morgan fingerprint density at radius 2 is 1.78 bits per heavy atom. The molecule has 3 rings (SSSR count). The lowest BCUT2D eigenvalue weighted by Gasteiger charge is -2.13. The summed E-state index contributed by atoms with van der Waals surface area (Å²) in [5, 5.41) is 14.3. The van der Waals surface area contributed by atoms with Gasteiger partial charge in [0.05, 0.1) is 18.4 Å². The Bertz CT molecular complexity index is 1050. The number of para-hydroxylation sites is 1. The number of aromatic nitrogens is 3. The van der Waals surface area contributed by atoms with E-state index >= 15 is 0 Å². The zero-order chi connectivity index (χ0) is 22.9. The highest BCUT2D eigenvalue weighted by atomic mass is 32.2. The van der Waals surface area contributed by atoms with Crippen molar-refractivity contribution in [1.82, 2.24) is 25.4 Å². The summed E-state index contributed by atoms with van der Waals surface area (Å²) in [4.78, 5) is 24.0. The molecule has 168 valence electrons. The van der Waals surface area contributed by atoms with Crippen LogP contribution in [0.15, 0.2) is 59.8 Å². The van der Waals surface area contributed by atoms with E-state index in [1.165, 1.54) is 17.3 Å². The molecule has 0 aliphatic heterocycles. The Morgan fingerprint density at radius 1 is 1.06 bits per heavy atom. The van der Waals surface area contributed by atoms with E-state index in [1.54, 1.807) is 7.11 Å². The Labute approximate surface area is 191 Å². The number of hydrogen-bond acceptors (Lipinski definition) is 6. The van der Waals surface area contributed by atoms with Gasteiger partial charge in [-0.2, -0.15) is 0 Å². The topological polar surface area (TPSA) is 98.1 Å². The number of ether oxygens (including phenoxy) is 1. The van der Waals surface area contributed by atoms with Crippen molar-refractivity contribution in [3.05, 3.63) is 60.2 Å². The predicted molar refractivity (Wildman–Crippen MR) is 125 cm³/mol. The van der Waals surface area contributed by atoms with Crippen LogP contribution in [0.5, 0.6) is 5.75 Å². The maximum absolute atomic E-state index is 12.2. The highest BCUT2D eigenvalue weighted by Crippen LogP contribution is 2.31. The molecule has 0 saturated heterocycles. The van der Waals surface area contributed by atoms with Gasteiger partial charge in [-0.15, -0.1) is 10.2 Å². The second-order valence-corrected chi connectivity index (χ2v) is 8.30. The molecular weight excluding hydrogens is 426 g/mol. The van der Waals surface area contributed by atoms with E-state index in [9.17, 15) is 9.59 Å². The molecule has 0 spiro atoms. The van der Waals surface area contributed by atoms with Crippen molar-refractivity contribution in [3.63, 3.8) is 0 Å². The fraction of sp³-hybridized carbons (Fsp3) is 0.304. The lowest BCUT2D eigenvalue weighted by molar-refractivity contribution is -0.117. The van der Waals surface area contributed by atoms with Crippen LogP contribution in [0, 0.1) is 0 Å². The Balaban J connectivity index is 1.80. The average Bonchev–Trinajstić information content (AvgIpc) is 3.18. The van der Waals surface area contributed by atoms with Gasteiger partial charge in [0.2, 0.25) is 5.91 Å². The SMILES string of the molecule is COc1ccccc1-c1nnc(SCC(=O)NC(=O)NC(C)C)n1CCc1ccccc1. The van der Waals surface area contributed by atoms with Crippen LogP contribution in [0.3, 0.4) is 0 Å². The maximum Gasteiger partial charge on any atom is 0.321 e. The van der Waals surface area contributed by atoms with Gasteiger partial charge in [-0.25, -0.2) is 4.79 Å². The molecule has 3 aromatic rings. The first-order valence-electron chi connectivity index (χ1n) is 10.3. The van der Waals surface area contributed by atoms with E-state index in [1.807, 2.05) is 60.9 Å². The van der Waals surface area contributed by atoms with Gasteiger partial charge < -0.3 is 14.6 Å². The van der Waals surface area contributed by atoms with Gasteiger partial charge in [-0.3, -0.25) is 10.1 Å². The summed E-state index contributed by atoms with van der Waals surface area (Å²) in [6, 6.07) is 17.2. The second-order valence-electron chi connectivity index (χ2n) is 7.36. The number of imide groups is 1. The summed E-state index contributed by atoms with van der Waals surface area (Å²) < 4.78 is 7.49. The van der Waals surface area contributed by atoms with Crippen LogP contribution in [0.25, 0.3) is 11.4 Å². The van der Waals surface area contributed by atoms with Crippen LogP contribution < -0.4 is 15.4 Å². The van der Waals surface area contributed by atoms with Gasteiger partial charge in [0.1, 0.15) is 5.75 Å². The van der Waals surface area contributed by atoms with E-state index in [0.717, 1.165) is 12.0 Å². The highest BCUT2D eigenvalue weighted by molar-refractivity contribution is 7.99. The van der Waals surface area contributed by atoms with Crippen molar-refractivity contribution in [2.45, 2.75) is 38.0 Å². The quantitative estimate of drug-likeness (QED) is 0.481. The molecular formula is C23H27N5O3S. The molecule has 0 bridgehead atoms. The Morgan fingerprint density at radius 3 is 2.50 bits per heavy atom. The minimum absolute atomic E-state index is 0.0426. The molecule has 2 N–H and O–H groups in total. The standard InChI is InChI=1S/C23H27N5O3S/c1-16(2)24-22(30)25-20(29)15-32-23-27-26-21(18-11-7-8-12-19(18)31-3)28(23)14-13-17-9-5-4-6-10-17/h4-12,16H,13-15H2,1-3H3,(H2,24,25,29,30). The molecule has 3 amide bonds. The van der Waals surface area contributed by atoms with E-state index < -0.39 is 11.9 Å². The highest BCUT2D eigenvalue weighted by Gasteiger charge is 2.19. The smallest absolute Gasteiger partial charge is 0.321 e. The number of methoxy groups -OCH3 is 1. The monoisotopic (exact) mass is 453 g/mol. The first-order valence-corrected chi connectivity index (χ1v) is 11.3. The van der Waals surface area contributed by atoms with Crippen molar-refractivity contribution in [3.8, 4) is 17.1 Å². The predicted octanol–water partition coefficient (Wildman–Crippen LogP) is 3.52. The normalized spacial score (nSPS) is 10.8. The van der Waals surface area contributed by atoms with Gasteiger partial charge in [0, 0.05) is 12.6 Å². The largest absolute Gasteiger partial charge is 0.496 e. The minimum Gasteiger partial charge on any atom is -0.496 e. The van der Waals surface area contributed by atoms with Crippen molar-refractivity contribution in [2.75, 3.05) is 12.9 Å². The van der Waals surface area contributed by atoms with Gasteiger partial charge >= 0.3 is 6.03 Å². The molecule has 0 saturated carbocycles. The van der Waals surface area contributed by atoms with Crippen molar-refractivity contribution in [1.29, 1.82) is 0 Å². The Kier molecular flexibility index (Phi) is 8.27. The van der Waals surface area contributed by atoms with Crippen LogP contribution in [0.4, 0.5) is 4.79 Å². The fourth-order valence-electron chi connectivity index (χ4n) is 3.10. The van der Waals surface area contributed by atoms with Crippen LogP contribution in [0.2, 0.25) is 0 Å². The summed E-state index contributed by atoms with van der Waals surface area (Å²) in [6.45, 7) is 4.28. The van der Waals surface area contributed by atoms with Gasteiger partial charge in [-0.05, 0) is 38.0 Å². The number of nitrogens with one attached hydrogen (secondary N) is 2. The maximum atomic E-state index is 12.2. The molecule has 0 atom stereocenters. The minimum atomic E-state index is -0.508. The molecule has 0 unspecified atom stereocenters. The second kappa shape index (κ2) is 11.3. The summed E-state index contributed by atoms with van der Waals surface area (Å²) in [7, 11) is 1.62. The number of rotatable bonds is 9. The summed E-state index contributed by atoms with van der Waals surface area (Å²) in [5.41, 5.74) is 2.01. The zero-order valence-electron chi connectivity index (χ0n) is 18.4. The van der Waals surface area contributed by atoms with E-state index in [2.05, 4.69) is 33.0 Å². The number of thioether (sulfide) groups is 1. The third kappa shape index (κ3) is 6.34. The van der Waals surface area contributed by atoms with Crippen LogP contribution in [0.1, 0.15) is 19.4 Å². The number of carbonyl (C=O) groups is 2. The van der Waals surface area contributed by atoms with Crippen LogP contribution >= 0.6 is 11.8 Å². The first-order chi connectivity index (χ1) is 15.5. The Hall–Kier alpha value is -3.33. The number of hydrogen-bond donors (Lipinski definition) is 2. The fourth-order valence-corrected chi connectivity index (χ4v) is 3.87. The van der Waals surface area contributed by atoms with E-state index in [0.29, 0.717) is 23.3 Å².